The number of pyridine rings is 1. The number of nitrogens with zero attached hydrogens (tertiary/aromatic N) is 6. The minimum absolute atomic E-state index is 0.000292. The van der Waals surface area contributed by atoms with E-state index in [1.165, 1.54) is 33.8 Å². The number of fused-ring (bicyclic) bond motifs is 3. The zero-order chi connectivity index (χ0) is 32.8. The van der Waals surface area contributed by atoms with Gasteiger partial charge >= 0.3 is 5.69 Å². The fourth-order valence-electron chi connectivity index (χ4n) is 6.03. The van der Waals surface area contributed by atoms with Crippen LogP contribution in [-0.2, 0) is 28.5 Å². The zero-order valence-corrected chi connectivity index (χ0v) is 29.6. The highest BCUT2D eigenvalue weighted by atomic mass is 79.9. The predicted molar refractivity (Wildman–Crippen MR) is 178 cm³/mol. The van der Waals surface area contributed by atoms with E-state index >= 15 is 4.39 Å². The Balaban J connectivity index is 1.63. The molecule has 2 N–H and O–H groups in total. The first-order chi connectivity index (χ1) is 21.0. The lowest BCUT2D eigenvalue weighted by molar-refractivity contribution is 0.168. The van der Waals surface area contributed by atoms with Crippen LogP contribution < -0.4 is 11.4 Å². The zero-order valence-electron chi connectivity index (χ0n) is 26.2. The van der Waals surface area contributed by atoms with Crippen molar-refractivity contribution in [2.24, 2.45) is 19.8 Å². The second-order valence-corrected chi connectivity index (χ2v) is 20.7. The van der Waals surface area contributed by atoms with E-state index in [4.69, 9.17) is 10.2 Å². The third-order valence-corrected chi connectivity index (χ3v) is 16.4. The molecule has 0 saturated heterocycles. The van der Waals surface area contributed by atoms with Gasteiger partial charge in [-0.15, -0.1) is 5.10 Å². The third kappa shape index (κ3) is 4.94. The summed E-state index contributed by atoms with van der Waals surface area (Å²) < 4.78 is 56.4. The Labute approximate surface area is 270 Å². The minimum atomic E-state index is -4.30. The molecule has 0 bridgehead atoms. The van der Waals surface area contributed by atoms with Crippen molar-refractivity contribution in [1.29, 1.82) is 0 Å². The Morgan fingerprint density at radius 1 is 1.13 bits per heavy atom. The van der Waals surface area contributed by atoms with E-state index < -0.39 is 24.3 Å². The van der Waals surface area contributed by atoms with Crippen molar-refractivity contribution in [3.05, 3.63) is 63.6 Å². The van der Waals surface area contributed by atoms with Gasteiger partial charge < -0.3 is 10.2 Å². The number of nitrogens with two attached hydrogens (primary N) is 1. The van der Waals surface area contributed by atoms with Crippen molar-refractivity contribution < 1.29 is 17.2 Å². The molecule has 4 heterocycles. The van der Waals surface area contributed by atoms with Gasteiger partial charge in [0.2, 0.25) is 5.95 Å². The first-order valence-corrected chi connectivity index (χ1v) is 19.8. The smallest absolute Gasteiger partial charge is 0.329 e. The second-order valence-electron chi connectivity index (χ2n) is 13.4. The summed E-state index contributed by atoms with van der Waals surface area (Å²) in [7, 11) is -3.25. The monoisotopic (exact) mass is 717 g/mol. The minimum Gasteiger partial charge on any atom is -0.412 e. The van der Waals surface area contributed by atoms with Gasteiger partial charge in [-0.25, -0.2) is 22.2 Å². The summed E-state index contributed by atoms with van der Waals surface area (Å²) in [5.74, 6) is -0.848. The molecule has 0 aliphatic heterocycles. The first-order valence-electron chi connectivity index (χ1n) is 14.7. The summed E-state index contributed by atoms with van der Waals surface area (Å²) in [4.78, 5) is 18.5. The normalized spacial score (nSPS) is 19.7. The highest BCUT2D eigenvalue weighted by molar-refractivity contribution is 9.10. The Hall–Kier alpha value is -3.11. The van der Waals surface area contributed by atoms with Gasteiger partial charge in [-0.2, -0.15) is 4.39 Å². The highest BCUT2D eigenvalue weighted by Crippen LogP contribution is 2.45. The van der Waals surface area contributed by atoms with Crippen molar-refractivity contribution >= 4 is 56.3 Å². The van der Waals surface area contributed by atoms with Crippen LogP contribution in [0.2, 0.25) is 18.1 Å². The van der Waals surface area contributed by atoms with Crippen molar-refractivity contribution in [2.75, 3.05) is 0 Å². The van der Waals surface area contributed by atoms with Crippen LogP contribution in [-0.4, -0.2) is 56.8 Å². The lowest BCUT2D eigenvalue weighted by Crippen LogP contribution is -2.47. The van der Waals surface area contributed by atoms with Crippen LogP contribution in [0.3, 0.4) is 0 Å². The van der Waals surface area contributed by atoms with Crippen LogP contribution >= 0.6 is 15.9 Å². The molecule has 0 radical (unpaired) electrons. The summed E-state index contributed by atoms with van der Waals surface area (Å²) in [6.45, 7) is 10.9. The maximum atomic E-state index is 15.3. The number of aromatic nitrogens is 6. The molecule has 1 fully saturated rings. The Morgan fingerprint density at radius 2 is 1.80 bits per heavy atom. The van der Waals surface area contributed by atoms with E-state index in [1.54, 1.807) is 36.9 Å². The molecule has 0 unspecified atom stereocenters. The summed E-state index contributed by atoms with van der Waals surface area (Å²) >= 11 is 3.63. The van der Waals surface area contributed by atoms with E-state index in [0.29, 0.717) is 29.3 Å². The fraction of sp³-hybridized carbons (Fsp3) is 0.433. The molecule has 4 aromatic heterocycles. The molecule has 6 rings (SSSR count). The molecule has 3 atom stereocenters. The maximum absolute atomic E-state index is 15.3. The van der Waals surface area contributed by atoms with Crippen molar-refractivity contribution in [3.63, 3.8) is 0 Å². The number of imidazole rings is 1. The van der Waals surface area contributed by atoms with Crippen molar-refractivity contribution in [2.45, 2.75) is 74.8 Å². The summed E-state index contributed by atoms with van der Waals surface area (Å²) in [5.41, 5.74) is 7.39. The first kappa shape index (κ1) is 31.9. The van der Waals surface area contributed by atoms with E-state index in [0.717, 1.165) is 3.97 Å². The summed E-state index contributed by atoms with van der Waals surface area (Å²) in [5, 5.41) is 4.18. The van der Waals surface area contributed by atoms with E-state index in [-0.39, 0.29) is 55.2 Å². The molecule has 240 valence electrons. The van der Waals surface area contributed by atoms with Crippen LogP contribution in [0.25, 0.3) is 33.3 Å². The van der Waals surface area contributed by atoms with Crippen LogP contribution in [0, 0.1) is 5.95 Å². The molecule has 1 aliphatic rings. The van der Waals surface area contributed by atoms with Crippen LogP contribution in [0.5, 0.6) is 0 Å². The summed E-state index contributed by atoms with van der Waals surface area (Å²) in [6, 6.07) is 7.26. The Bertz CT molecular complexity index is 2130. The molecule has 5 aromatic rings. The molecule has 1 aliphatic carbocycles. The molecular weight excluding hydrogens is 681 g/mol. The number of rotatable bonds is 6. The molecule has 15 heteroatoms. The fourth-order valence-corrected chi connectivity index (χ4v) is 9.79. The molecule has 45 heavy (non-hydrogen) atoms. The third-order valence-electron chi connectivity index (χ3n) is 9.39. The van der Waals surface area contributed by atoms with E-state index in [9.17, 15) is 13.2 Å². The van der Waals surface area contributed by atoms with Crippen LogP contribution in [0.1, 0.15) is 39.7 Å². The van der Waals surface area contributed by atoms with Crippen molar-refractivity contribution in [1.82, 2.24) is 27.9 Å². The quantitative estimate of drug-likeness (QED) is 0.237. The number of hydrogen-bond acceptors (Lipinski definition) is 7. The van der Waals surface area contributed by atoms with E-state index in [1.807, 2.05) is 0 Å². The molecule has 0 spiro atoms. The van der Waals surface area contributed by atoms with Gasteiger partial charge in [0.05, 0.1) is 49.3 Å². The predicted octanol–water partition coefficient (Wildman–Crippen LogP) is 5.28. The molecular formula is C30H37BrFN7O4SSi. The van der Waals surface area contributed by atoms with Crippen LogP contribution in [0.4, 0.5) is 4.39 Å². The molecule has 1 saturated carbocycles. The van der Waals surface area contributed by atoms with Gasteiger partial charge in [-0.3, -0.25) is 13.8 Å². The molecule has 0 amide bonds. The second kappa shape index (κ2) is 10.7. The molecule has 1 aromatic carbocycles. The summed E-state index contributed by atoms with van der Waals surface area (Å²) in [6.07, 6.45) is 3.66. The number of benzene rings is 1. The Morgan fingerprint density at radius 3 is 2.40 bits per heavy atom. The average molecular weight is 719 g/mol. The highest BCUT2D eigenvalue weighted by Gasteiger charge is 2.44. The number of hydrogen-bond donors (Lipinski definition) is 1. The van der Waals surface area contributed by atoms with Gasteiger partial charge in [0.1, 0.15) is 0 Å². The topological polar surface area (TPSA) is 132 Å². The average Bonchev–Trinajstić information content (AvgIpc) is 3.65. The standard InChI is InChI=1S/C30H37BrFN7O4SSi/c1-30(2,3)45(6,7)43-22-14-17(13-20(22)33)38-26-21(37(5)29(38)40)15-34-28-23(26)24(31)25(19-16-36(4)35-27(19)32)39(28)44(41,42)18-11-9-8-10-12-18/h8-12,15-17,20,22H,13-14,33H2,1-7H3/t17-,20-,22+/m0/s1. The van der Waals surface area contributed by atoms with Crippen molar-refractivity contribution in [3.8, 4) is 11.3 Å². The SMILES string of the molecule is Cn1cc(-c2c(Br)c3c(ncc4c3n([C@H]3C[C@H](N)[C@H](O[Si](C)(C)C(C)(C)C)C3)c(=O)n4C)n2S(=O)(=O)c2ccccc2)c(F)n1. The number of aryl methyl sites for hydroxylation is 2. The van der Waals surface area contributed by atoms with Gasteiger partial charge in [0.25, 0.3) is 10.0 Å². The maximum Gasteiger partial charge on any atom is 0.329 e. The number of halogens is 2. The largest absolute Gasteiger partial charge is 0.412 e. The lowest BCUT2D eigenvalue weighted by atomic mass is 10.2. The Kier molecular flexibility index (Phi) is 7.59. The van der Waals surface area contributed by atoms with Gasteiger partial charge in [-0.05, 0) is 59.0 Å². The van der Waals surface area contributed by atoms with Gasteiger partial charge in [0.15, 0.2) is 14.0 Å². The van der Waals surface area contributed by atoms with Gasteiger partial charge in [-0.1, -0.05) is 39.0 Å². The lowest BCUT2D eigenvalue weighted by Gasteiger charge is -2.39. The molecule has 11 nitrogen and oxygen atoms in total. The van der Waals surface area contributed by atoms with E-state index in [2.05, 4.69) is 59.9 Å². The van der Waals surface area contributed by atoms with Crippen LogP contribution in [0.15, 0.2) is 56.9 Å². The van der Waals surface area contributed by atoms with Gasteiger partial charge in [0, 0.05) is 32.4 Å².